The topological polar surface area (TPSA) is 76.1 Å². The summed E-state index contributed by atoms with van der Waals surface area (Å²) in [5.74, 6) is 0. The third kappa shape index (κ3) is 6.20. The van der Waals surface area contributed by atoms with Crippen LogP contribution in [0, 0.1) is 0 Å². The predicted molar refractivity (Wildman–Crippen MR) is 90.6 cm³/mol. The first kappa shape index (κ1) is 20.0. The molecule has 1 aromatic rings. The van der Waals surface area contributed by atoms with E-state index in [4.69, 9.17) is 9.47 Å². The summed E-state index contributed by atoms with van der Waals surface area (Å²) in [6, 6.07) is 7.89. The highest BCUT2D eigenvalue weighted by atomic mass is 16.6. The normalized spacial score (nSPS) is 13.1. The molecule has 1 atom stereocenters. The lowest BCUT2D eigenvalue weighted by atomic mass is 10.1. The molecule has 0 aliphatic rings. The Morgan fingerprint density at radius 1 is 0.958 bits per heavy atom. The van der Waals surface area contributed by atoms with Gasteiger partial charge in [-0.1, -0.05) is 30.3 Å². The standard InChI is InChI=1S/C18H27NO5/c1-17(2,3)23-15(21)19(16(22)24-18(4,5)6)14(12-20)13-10-8-7-9-11-13/h7-11,14,20H,12H2,1-6H3/t14-/m1/s1. The number of carbonyl (C=O) groups is 2. The summed E-state index contributed by atoms with van der Waals surface area (Å²) in [5, 5.41) is 9.79. The molecule has 0 aliphatic carbocycles. The van der Waals surface area contributed by atoms with E-state index in [1.165, 1.54) is 0 Å². The molecule has 0 spiro atoms. The van der Waals surface area contributed by atoms with Crippen molar-refractivity contribution < 1.29 is 24.2 Å². The predicted octanol–water partition coefficient (Wildman–Crippen LogP) is 3.89. The van der Waals surface area contributed by atoms with Crippen molar-refractivity contribution in [2.45, 2.75) is 58.8 Å². The number of imide groups is 1. The first-order valence-corrected chi connectivity index (χ1v) is 7.85. The second kappa shape index (κ2) is 7.66. The van der Waals surface area contributed by atoms with Crippen molar-refractivity contribution in [3.8, 4) is 0 Å². The van der Waals surface area contributed by atoms with Gasteiger partial charge in [0.05, 0.1) is 12.6 Å². The maximum atomic E-state index is 12.6. The third-order valence-corrected chi connectivity index (χ3v) is 2.85. The van der Waals surface area contributed by atoms with Gasteiger partial charge in [-0.25, -0.2) is 14.5 Å². The molecule has 1 N–H and O–H groups in total. The summed E-state index contributed by atoms with van der Waals surface area (Å²) >= 11 is 0. The number of hydrogen-bond acceptors (Lipinski definition) is 5. The van der Waals surface area contributed by atoms with Crippen LogP contribution in [0.1, 0.15) is 53.1 Å². The highest BCUT2D eigenvalue weighted by Crippen LogP contribution is 2.25. The van der Waals surface area contributed by atoms with E-state index in [9.17, 15) is 14.7 Å². The number of aliphatic hydroxyl groups excluding tert-OH is 1. The molecule has 0 unspecified atom stereocenters. The van der Waals surface area contributed by atoms with Crippen LogP contribution in [0.25, 0.3) is 0 Å². The molecule has 134 valence electrons. The van der Waals surface area contributed by atoms with Crippen molar-refractivity contribution in [1.82, 2.24) is 4.90 Å². The van der Waals surface area contributed by atoms with Crippen molar-refractivity contribution in [2.24, 2.45) is 0 Å². The van der Waals surface area contributed by atoms with Crippen LogP contribution in [0.3, 0.4) is 0 Å². The van der Waals surface area contributed by atoms with Crippen LogP contribution >= 0.6 is 0 Å². The van der Waals surface area contributed by atoms with Crippen molar-refractivity contribution in [2.75, 3.05) is 6.61 Å². The Kier molecular flexibility index (Phi) is 6.37. The molecule has 1 aromatic carbocycles. The molecule has 2 amide bonds. The summed E-state index contributed by atoms with van der Waals surface area (Å²) in [5.41, 5.74) is -0.959. The molecule has 0 aliphatic heterocycles. The number of benzene rings is 1. The Labute approximate surface area is 143 Å². The van der Waals surface area contributed by atoms with Gasteiger partial charge in [0.1, 0.15) is 11.2 Å². The van der Waals surface area contributed by atoms with Crippen LogP contribution in [-0.4, -0.2) is 40.0 Å². The van der Waals surface area contributed by atoms with Gasteiger partial charge in [0, 0.05) is 0 Å². The summed E-state index contributed by atoms with van der Waals surface area (Å²) in [6.07, 6.45) is -1.72. The minimum Gasteiger partial charge on any atom is -0.443 e. The van der Waals surface area contributed by atoms with Gasteiger partial charge in [0.15, 0.2) is 0 Å². The molecule has 0 fully saturated rings. The van der Waals surface area contributed by atoms with Gasteiger partial charge in [-0.15, -0.1) is 0 Å². The first-order chi connectivity index (χ1) is 10.9. The van der Waals surface area contributed by atoms with Crippen molar-refractivity contribution in [1.29, 1.82) is 0 Å². The lowest BCUT2D eigenvalue weighted by Crippen LogP contribution is -2.46. The Hall–Kier alpha value is -2.08. The van der Waals surface area contributed by atoms with Crippen LogP contribution in [0.2, 0.25) is 0 Å². The summed E-state index contributed by atoms with van der Waals surface area (Å²) in [4.78, 5) is 25.9. The fourth-order valence-electron chi connectivity index (χ4n) is 1.96. The molecule has 0 aromatic heterocycles. The zero-order valence-electron chi connectivity index (χ0n) is 15.2. The van der Waals surface area contributed by atoms with Gasteiger partial charge < -0.3 is 14.6 Å². The molecule has 1 rings (SSSR count). The van der Waals surface area contributed by atoms with Crippen LogP contribution < -0.4 is 0 Å². The summed E-state index contributed by atoms with van der Waals surface area (Å²) in [7, 11) is 0. The second-order valence-electron chi connectivity index (χ2n) is 7.44. The zero-order chi connectivity index (χ0) is 18.5. The van der Waals surface area contributed by atoms with E-state index >= 15 is 0 Å². The molecule has 0 saturated carbocycles. The van der Waals surface area contributed by atoms with Crippen LogP contribution in [0.15, 0.2) is 30.3 Å². The van der Waals surface area contributed by atoms with E-state index in [-0.39, 0.29) is 0 Å². The van der Waals surface area contributed by atoms with E-state index in [1.54, 1.807) is 65.8 Å². The van der Waals surface area contributed by atoms with Gasteiger partial charge in [-0.05, 0) is 47.1 Å². The van der Waals surface area contributed by atoms with Crippen LogP contribution in [-0.2, 0) is 9.47 Å². The van der Waals surface area contributed by atoms with E-state index < -0.39 is 36.0 Å². The van der Waals surface area contributed by atoms with Gasteiger partial charge in [-0.2, -0.15) is 0 Å². The largest absolute Gasteiger partial charge is 0.443 e. The first-order valence-electron chi connectivity index (χ1n) is 7.85. The molecule has 24 heavy (non-hydrogen) atoms. The van der Waals surface area contributed by atoms with Crippen molar-refractivity contribution in [3.05, 3.63) is 35.9 Å². The number of nitrogens with zero attached hydrogens (tertiary/aromatic N) is 1. The smallest absolute Gasteiger partial charge is 0.420 e. The van der Waals surface area contributed by atoms with Gasteiger partial charge in [0.2, 0.25) is 0 Å². The fraction of sp³-hybridized carbons (Fsp3) is 0.556. The zero-order valence-corrected chi connectivity index (χ0v) is 15.2. The van der Waals surface area contributed by atoms with Crippen molar-refractivity contribution in [3.63, 3.8) is 0 Å². The quantitative estimate of drug-likeness (QED) is 0.905. The minimum atomic E-state index is -0.893. The molecule has 6 nitrogen and oxygen atoms in total. The molecule has 6 heteroatoms. The third-order valence-electron chi connectivity index (χ3n) is 2.85. The van der Waals surface area contributed by atoms with Gasteiger partial charge in [-0.3, -0.25) is 0 Å². The lowest BCUT2D eigenvalue weighted by Gasteiger charge is -2.32. The van der Waals surface area contributed by atoms with Crippen molar-refractivity contribution >= 4 is 12.2 Å². The maximum absolute atomic E-state index is 12.6. The maximum Gasteiger partial charge on any atom is 0.420 e. The number of aliphatic hydroxyl groups is 1. The highest BCUT2D eigenvalue weighted by Gasteiger charge is 2.37. The minimum absolute atomic E-state index is 0.442. The fourth-order valence-corrected chi connectivity index (χ4v) is 1.96. The summed E-state index contributed by atoms with van der Waals surface area (Å²) in [6.45, 7) is 9.78. The number of rotatable bonds is 3. The van der Waals surface area contributed by atoms with E-state index in [0.29, 0.717) is 5.56 Å². The summed E-state index contributed by atoms with van der Waals surface area (Å²) < 4.78 is 10.6. The SMILES string of the molecule is CC(C)(C)OC(=O)N(C(=O)OC(C)(C)C)[C@H](CO)c1ccccc1. The Bertz CT molecular complexity index is 529. The van der Waals surface area contributed by atoms with E-state index in [2.05, 4.69) is 0 Å². The lowest BCUT2D eigenvalue weighted by molar-refractivity contribution is -0.0133. The molecular formula is C18H27NO5. The monoisotopic (exact) mass is 337 g/mol. The highest BCUT2D eigenvalue weighted by molar-refractivity contribution is 5.88. The molecule has 0 radical (unpaired) electrons. The van der Waals surface area contributed by atoms with Gasteiger partial charge in [0.25, 0.3) is 0 Å². The number of ether oxygens (including phenoxy) is 2. The molecule has 0 saturated heterocycles. The Morgan fingerprint density at radius 3 is 1.71 bits per heavy atom. The Morgan fingerprint density at radius 2 is 1.38 bits per heavy atom. The van der Waals surface area contributed by atoms with Crippen LogP contribution in [0.5, 0.6) is 0 Å². The average Bonchev–Trinajstić information content (AvgIpc) is 2.41. The van der Waals surface area contributed by atoms with Crippen LogP contribution in [0.4, 0.5) is 9.59 Å². The Balaban J connectivity index is 3.20. The number of carbonyl (C=O) groups excluding carboxylic acids is 2. The molecular weight excluding hydrogens is 310 g/mol. The molecule has 0 heterocycles. The van der Waals surface area contributed by atoms with Gasteiger partial charge >= 0.3 is 12.2 Å². The van der Waals surface area contributed by atoms with E-state index in [0.717, 1.165) is 4.90 Å². The average molecular weight is 337 g/mol. The number of amides is 2. The molecule has 0 bridgehead atoms. The van der Waals surface area contributed by atoms with E-state index in [1.807, 2.05) is 6.07 Å². The number of hydrogen-bond donors (Lipinski definition) is 1. The second-order valence-corrected chi connectivity index (χ2v) is 7.44.